The van der Waals surface area contributed by atoms with Crippen molar-refractivity contribution in [2.75, 3.05) is 18.0 Å². The number of carbonyl (C=O) groups excluding carboxylic acids is 1. The fourth-order valence-electron chi connectivity index (χ4n) is 2.52. The van der Waals surface area contributed by atoms with Gasteiger partial charge in [0.1, 0.15) is 5.75 Å². The lowest BCUT2D eigenvalue weighted by atomic mass is 10.1. The Morgan fingerprint density at radius 1 is 1.15 bits per heavy atom. The van der Waals surface area contributed by atoms with Gasteiger partial charge >= 0.3 is 6.36 Å². The molecular formula is C16H14F4N4O3. The Morgan fingerprint density at radius 3 is 2.56 bits per heavy atom. The Balaban J connectivity index is 1.74. The molecule has 0 bridgehead atoms. The lowest BCUT2D eigenvalue weighted by Crippen LogP contribution is -2.24. The lowest BCUT2D eigenvalue weighted by Gasteiger charge is -2.14. The molecule has 2 aromatic carbocycles. The quantitative estimate of drug-likeness (QED) is 0.592. The van der Waals surface area contributed by atoms with Gasteiger partial charge in [-0.25, -0.2) is 4.39 Å². The zero-order chi connectivity index (χ0) is 19.6. The van der Waals surface area contributed by atoms with Gasteiger partial charge in [-0.3, -0.25) is 4.79 Å². The molecule has 144 valence electrons. The molecule has 0 saturated heterocycles. The van der Waals surface area contributed by atoms with Gasteiger partial charge in [0.15, 0.2) is 11.6 Å². The third-order valence-corrected chi connectivity index (χ3v) is 3.72. The molecule has 1 aliphatic heterocycles. The molecular weight excluding hydrogens is 372 g/mol. The number of hydrazine groups is 2. The summed E-state index contributed by atoms with van der Waals surface area (Å²) in [5.74, 6) is -2.48. The van der Waals surface area contributed by atoms with Crippen molar-refractivity contribution in [3.05, 3.63) is 47.3 Å². The number of anilines is 2. The summed E-state index contributed by atoms with van der Waals surface area (Å²) in [5.41, 5.74) is 10.3. The second kappa shape index (κ2) is 7.19. The second-order valence-corrected chi connectivity index (χ2v) is 5.42. The normalized spacial score (nSPS) is 12.6. The Labute approximate surface area is 150 Å². The first-order valence-corrected chi connectivity index (χ1v) is 7.59. The van der Waals surface area contributed by atoms with E-state index >= 15 is 0 Å². The van der Waals surface area contributed by atoms with Crippen LogP contribution in [0.4, 0.5) is 28.9 Å². The number of fused-ring (bicyclic) bond motifs is 1. The van der Waals surface area contributed by atoms with Crippen LogP contribution in [0.3, 0.4) is 0 Å². The van der Waals surface area contributed by atoms with Gasteiger partial charge in [-0.15, -0.1) is 18.7 Å². The predicted octanol–water partition coefficient (Wildman–Crippen LogP) is 2.92. The molecule has 11 heteroatoms. The van der Waals surface area contributed by atoms with E-state index in [0.717, 1.165) is 17.8 Å². The summed E-state index contributed by atoms with van der Waals surface area (Å²) in [6, 6.07) is 5.91. The number of rotatable bonds is 5. The molecule has 2 aromatic rings. The number of alkyl halides is 3. The Morgan fingerprint density at radius 2 is 1.89 bits per heavy atom. The first kappa shape index (κ1) is 18.6. The number of nitrogens with one attached hydrogen (secondary N) is 4. The molecule has 1 aliphatic rings. The van der Waals surface area contributed by atoms with Gasteiger partial charge in [0.25, 0.3) is 5.91 Å². The van der Waals surface area contributed by atoms with E-state index in [-0.39, 0.29) is 12.1 Å². The molecule has 1 amide bonds. The highest BCUT2D eigenvalue weighted by atomic mass is 19.4. The molecule has 1 heterocycles. The minimum atomic E-state index is -5.02. The summed E-state index contributed by atoms with van der Waals surface area (Å²) in [5, 5.41) is 2.57. The van der Waals surface area contributed by atoms with Crippen molar-refractivity contribution in [2.24, 2.45) is 0 Å². The molecule has 0 aromatic heterocycles. The summed E-state index contributed by atoms with van der Waals surface area (Å²) in [4.78, 5) is 12.2. The molecule has 0 aliphatic carbocycles. The molecule has 0 saturated carbocycles. The number of amides is 1. The van der Waals surface area contributed by atoms with E-state index in [1.807, 2.05) is 0 Å². The van der Waals surface area contributed by atoms with Crippen molar-refractivity contribution >= 4 is 17.3 Å². The van der Waals surface area contributed by atoms with Crippen LogP contribution in [0.15, 0.2) is 30.3 Å². The second-order valence-electron chi connectivity index (χ2n) is 5.42. The van der Waals surface area contributed by atoms with Crippen LogP contribution in [0.1, 0.15) is 15.9 Å². The van der Waals surface area contributed by atoms with E-state index in [1.165, 1.54) is 7.11 Å². The standard InChI is InChI=1S/C16H14F4N4O3/c1-26-12-5-3-11-14(23-24-22-11)9(12)7-21-15(25)8-2-4-13(10(17)6-8)27-16(18,19)20/h2-6,22-24H,7H2,1H3,(H,21,25). The average molecular weight is 386 g/mol. The summed E-state index contributed by atoms with van der Waals surface area (Å²) in [6.07, 6.45) is -5.02. The third kappa shape index (κ3) is 4.14. The minimum absolute atomic E-state index is 0.0317. The Hall–Kier alpha value is -3.21. The molecule has 0 fully saturated rings. The zero-order valence-electron chi connectivity index (χ0n) is 13.8. The molecule has 0 radical (unpaired) electrons. The van der Waals surface area contributed by atoms with Crippen LogP contribution in [-0.2, 0) is 6.54 Å². The summed E-state index contributed by atoms with van der Waals surface area (Å²) >= 11 is 0. The van der Waals surface area contributed by atoms with Crippen LogP contribution in [0, 0.1) is 5.82 Å². The number of hydrogen-bond donors (Lipinski definition) is 4. The van der Waals surface area contributed by atoms with Gasteiger partial charge in [-0.05, 0) is 30.3 Å². The Kier molecular flexibility index (Phi) is 4.95. The van der Waals surface area contributed by atoms with E-state index in [0.29, 0.717) is 23.1 Å². The molecule has 0 unspecified atom stereocenters. The van der Waals surface area contributed by atoms with Crippen molar-refractivity contribution < 1.29 is 31.8 Å². The number of carbonyl (C=O) groups is 1. The highest BCUT2D eigenvalue weighted by Crippen LogP contribution is 2.35. The van der Waals surface area contributed by atoms with Crippen molar-refractivity contribution in [3.8, 4) is 11.5 Å². The predicted molar refractivity (Wildman–Crippen MR) is 87.6 cm³/mol. The topological polar surface area (TPSA) is 83.7 Å². The summed E-state index contributed by atoms with van der Waals surface area (Å²) in [6.45, 7) is 0.0317. The van der Waals surface area contributed by atoms with Crippen LogP contribution >= 0.6 is 0 Å². The molecule has 0 atom stereocenters. The van der Waals surface area contributed by atoms with Gasteiger partial charge in [-0.2, -0.15) is 0 Å². The highest BCUT2D eigenvalue weighted by Gasteiger charge is 2.32. The van der Waals surface area contributed by atoms with E-state index < -0.39 is 23.8 Å². The maximum atomic E-state index is 13.8. The molecule has 3 rings (SSSR count). The maximum absolute atomic E-state index is 13.8. The van der Waals surface area contributed by atoms with Crippen LogP contribution in [0.25, 0.3) is 0 Å². The van der Waals surface area contributed by atoms with E-state index in [1.54, 1.807) is 12.1 Å². The molecule has 0 spiro atoms. The fourth-order valence-corrected chi connectivity index (χ4v) is 2.52. The number of methoxy groups -OCH3 is 1. The van der Waals surface area contributed by atoms with E-state index in [4.69, 9.17) is 4.74 Å². The van der Waals surface area contributed by atoms with Gasteiger partial charge in [0.05, 0.1) is 18.5 Å². The average Bonchev–Trinajstić information content (AvgIpc) is 3.08. The van der Waals surface area contributed by atoms with Gasteiger partial charge < -0.3 is 25.6 Å². The highest BCUT2D eigenvalue weighted by molar-refractivity contribution is 5.94. The van der Waals surface area contributed by atoms with Crippen molar-refractivity contribution in [1.29, 1.82) is 0 Å². The van der Waals surface area contributed by atoms with Gasteiger partial charge in [0.2, 0.25) is 0 Å². The zero-order valence-corrected chi connectivity index (χ0v) is 13.8. The molecule has 7 nitrogen and oxygen atoms in total. The van der Waals surface area contributed by atoms with Crippen LogP contribution in [0.2, 0.25) is 0 Å². The van der Waals surface area contributed by atoms with Crippen molar-refractivity contribution in [3.63, 3.8) is 0 Å². The van der Waals surface area contributed by atoms with E-state index in [9.17, 15) is 22.4 Å². The SMILES string of the molecule is COc1ccc2c(c1CNC(=O)c1ccc(OC(F)(F)F)c(F)c1)NNN2. The van der Waals surface area contributed by atoms with Crippen LogP contribution in [-0.4, -0.2) is 19.4 Å². The van der Waals surface area contributed by atoms with Crippen molar-refractivity contribution in [1.82, 2.24) is 10.9 Å². The number of halogens is 4. The summed E-state index contributed by atoms with van der Waals surface area (Å²) < 4.78 is 59.1. The first-order chi connectivity index (χ1) is 12.8. The van der Waals surface area contributed by atoms with Crippen LogP contribution < -0.4 is 31.2 Å². The van der Waals surface area contributed by atoms with Crippen molar-refractivity contribution in [2.45, 2.75) is 12.9 Å². The van der Waals surface area contributed by atoms with Gasteiger partial charge in [0, 0.05) is 17.7 Å². The fraction of sp³-hybridized carbons (Fsp3) is 0.188. The van der Waals surface area contributed by atoms with E-state index in [2.05, 4.69) is 26.4 Å². The molecule has 4 N–H and O–H groups in total. The Bertz CT molecular complexity index is 873. The lowest BCUT2D eigenvalue weighted by molar-refractivity contribution is -0.275. The number of ether oxygens (including phenoxy) is 2. The largest absolute Gasteiger partial charge is 0.573 e. The number of benzene rings is 2. The number of hydrogen-bond acceptors (Lipinski definition) is 6. The minimum Gasteiger partial charge on any atom is -0.496 e. The first-order valence-electron chi connectivity index (χ1n) is 7.59. The third-order valence-electron chi connectivity index (χ3n) is 3.72. The van der Waals surface area contributed by atoms with Crippen LogP contribution in [0.5, 0.6) is 11.5 Å². The monoisotopic (exact) mass is 386 g/mol. The maximum Gasteiger partial charge on any atom is 0.573 e. The smallest absolute Gasteiger partial charge is 0.496 e. The van der Waals surface area contributed by atoms with Gasteiger partial charge in [-0.1, -0.05) is 0 Å². The molecule has 27 heavy (non-hydrogen) atoms. The summed E-state index contributed by atoms with van der Waals surface area (Å²) in [7, 11) is 1.47.